The normalized spacial score (nSPS) is 26.9. The Morgan fingerprint density at radius 2 is 2.06 bits per heavy atom. The standard InChI is InChI=1S/C11H23NO3S/c1-3-6-12-10-5-7-15-9-11(10)16(13,14)8-4-2/h10-12H,3-9H2,1-2H3. The van der Waals surface area contributed by atoms with E-state index in [1.807, 2.05) is 6.92 Å². The molecular formula is C11H23NO3S. The third-order valence-corrected chi connectivity index (χ3v) is 5.27. The van der Waals surface area contributed by atoms with E-state index in [9.17, 15) is 8.42 Å². The van der Waals surface area contributed by atoms with Crippen LogP contribution in [0.4, 0.5) is 0 Å². The molecule has 0 saturated carbocycles. The second-order valence-corrected chi connectivity index (χ2v) is 6.67. The summed E-state index contributed by atoms with van der Waals surface area (Å²) in [5.74, 6) is 0.269. The van der Waals surface area contributed by atoms with E-state index in [0.29, 0.717) is 19.6 Å². The van der Waals surface area contributed by atoms with Crippen molar-refractivity contribution < 1.29 is 13.2 Å². The summed E-state index contributed by atoms with van der Waals surface area (Å²) in [6.07, 6.45) is 2.50. The summed E-state index contributed by atoms with van der Waals surface area (Å²) in [7, 11) is -3.00. The van der Waals surface area contributed by atoms with Crippen LogP contribution < -0.4 is 5.32 Å². The smallest absolute Gasteiger partial charge is 0.156 e. The van der Waals surface area contributed by atoms with Gasteiger partial charge in [0.2, 0.25) is 0 Å². The minimum Gasteiger partial charge on any atom is -0.380 e. The van der Waals surface area contributed by atoms with Crippen LogP contribution in [0.25, 0.3) is 0 Å². The van der Waals surface area contributed by atoms with Gasteiger partial charge in [-0.15, -0.1) is 0 Å². The van der Waals surface area contributed by atoms with Gasteiger partial charge in [-0.2, -0.15) is 0 Å². The molecule has 0 aromatic heterocycles. The minimum absolute atomic E-state index is 0.0743. The van der Waals surface area contributed by atoms with E-state index >= 15 is 0 Å². The highest BCUT2D eigenvalue weighted by atomic mass is 32.2. The van der Waals surface area contributed by atoms with Crippen LogP contribution in [-0.4, -0.2) is 45.2 Å². The van der Waals surface area contributed by atoms with Crippen LogP contribution in [0.2, 0.25) is 0 Å². The van der Waals surface area contributed by atoms with Gasteiger partial charge in [-0.1, -0.05) is 13.8 Å². The fourth-order valence-electron chi connectivity index (χ4n) is 2.06. The van der Waals surface area contributed by atoms with E-state index in [0.717, 1.165) is 19.4 Å². The van der Waals surface area contributed by atoms with Crippen LogP contribution in [0.15, 0.2) is 0 Å². The molecule has 0 aromatic carbocycles. The number of rotatable bonds is 6. The largest absolute Gasteiger partial charge is 0.380 e. The summed E-state index contributed by atoms with van der Waals surface area (Å²) in [6, 6.07) is 0.0743. The predicted molar refractivity (Wildman–Crippen MR) is 65.4 cm³/mol. The van der Waals surface area contributed by atoms with Crippen LogP contribution in [0, 0.1) is 0 Å². The Labute approximate surface area is 98.7 Å². The van der Waals surface area contributed by atoms with E-state index < -0.39 is 9.84 Å². The first-order chi connectivity index (χ1) is 7.61. The Kier molecular flexibility index (Phi) is 5.72. The molecule has 0 bridgehead atoms. The predicted octanol–water partition coefficient (Wildman–Crippen LogP) is 0.968. The van der Waals surface area contributed by atoms with E-state index in [1.165, 1.54) is 0 Å². The van der Waals surface area contributed by atoms with Gasteiger partial charge in [0.15, 0.2) is 9.84 Å². The molecule has 16 heavy (non-hydrogen) atoms. The molecule has 96 valence electrons. The minimum atomic E-state index is -3.00. The lowest BCUT2D eigenvalue weighted by atomic mass is 10.1. The average Bonchev–Trinajstić information content (AvgIpc) is 2.26. The Morgan fingerprint density at radius 1 is 1.31 bits per heavy atom. The first kappa shape index (κ1) is 13.9. The summed E-state index contributed by atoms with van der Waals surface area (Å²) < 4.78 is 29.4. The van der Waals surface area contributed by atoms with Crippen molar-refractivity contribution in [3.63, 3.8) is 0 Å². The van der Waals surface area contributed by atoms with Crippen molar-refractivity contribution in [3.8, 4) is 0 Å². The summed E-state index contributed by atoms with van der Waals surface area (Å²) >= 11 is 0. The first-order valence-corrected chi connectivity index (χ1v) is 7.86. The Bertz CT molecular complexity index is 290. The lowest BCUT2D eigenvalue weighted by Crippen LogP contribution is -2.51. The summed E-state index contributed by atoms with van der Waals surface area (Å²) in [5.41, 5.74) is 0. The lowest BCUT2D eigenvalue weighted by Gasteiger charge is -2.31. The van der Waals surface area contributed by atoms with Crippen LogP contribution in [-0.2, 0) is 14.6 Å². The van der Waals surface area contributed by atoms with Crippen molar-refractivity contribution in [1.29, 1.82) is 0 Å². The molecule has 5 heteroatoms. The van der Waals surface area contributed by atoms with Crippen molar-refractivity contribution in [2.45, 2.75) is 44.4 Å². The van der Waals surface area contributed by atoms with Crippen LogP contribution >= 0.6 is 0 Å². The molecule has 0 aromatic rings. The lowest BCUT2D eigenvalue weighted by molar-refractivity contribution is 0.0808. The fraction of sp³-hybridized carbons (Fsp3) is 1.00. The highest BCUT2D eigenvalue weighted by Crippen LogP contribution is 2.17. The Hall–Kier alpha value is -0.130. The molecule has 1 heterocycles. The molecule has 0 spiro atoms. The molecule has 1 aliphatic rings. The maximum Gasteiger partial charge on any atom is 0.156 e. The van der Waals surface area contributed by atoms with Gasteiger partial charge in [0.25, 0.3) is 0 Å². The molecule has 0 aliphatic carbocycles. The van der Waals surface area contributed by atoms with Crippen LogP contribution in [0.3, 0.4) is 0 Å². The Morgan fingerprint density at radius 3 is 2.69 bits per heavy atom. The number of nitrogens with one attached hydrogen (secondary N) is 1. The number of sulfone groups is 1. The van der Waals surface area contributed by atoms with Gasteiger partial charge in [0, 0.05) is 12.6 Å². The van der Waals surface area contributed by atoms with Crippen molar-refractivity contribution in [3.05, 3.63) is 0 Å². The molecule has 1 rings (SSSR count). The van der Waals surface area contributed by atoms with E-state index in [4.69, 9.17) is 4.74 Å². The fourth-order valence-corrected chi connectivity index (χ4v) is 3.97. The third-order valence-electron chi connectivity index (χ3n) is 2.91. The third kappa shape index (κ3) is 3.71. The zero-order valence-electron chi connectivity index (χ0n) is 10.2. The molecular weight excluding hydrogens is 226 g/mol. The maximum atomic E-state index is 12.0. The highest BCUT2D eigenvalue weighted by molar-refractivity contribution is 7.92. The number of hydrogen-bond acceptors (Lipinski definition) is 4. The van der Waals surface area contributed by atoms with Crippen LogP contribution in [0.1, 0.15) is 33.1 Å². The summed E-state index contributed by atoms with van der Waals surface area (Å²) in [5, 5.41) is 2.97. The number of ether oxygens (including phenoxy) is 1. The van der Waals surface area contributed by atoms with Gasteiger partial charge in [-0.25, -0.2) is 8.42 Å². The molecule has 4 nitrogen and oxygen atoms in total. The molecule has 1 fully saturated rings. The van der Waals surface area contributed by atoms with Gasteiger partial charge in [-0.3, -0.25) is 0 Å². The zero-order chi connectivity index (χ0) is 12.0. The topological polar surface area (TPSA) is 55.4 Å². The van der Waals surface area contributed by atoms with Crippen molar-refractivity contribution in [1.82, 2.24) is 5.32 Å². The van der Waals surface area contributed by atoms with Gasteiger partial charge in [0.05, 0.1) is 17.6 Å². The molecule has 2 unspecified atom stereocenters. The summed E-state index contributed by atoms with van der Waals surface area (Å²) in [4.78, 5) is 0. The van der Waals surface area contributed by atoms with Crippen molar-refractivity contribution in [2.75, 3.05) is 25.5 Å². The second kappa shape index (κ2) is 6.57. The molecule has 2 atom stereocenters. The van der Waals surface area contributed by atoms with Gasteiger partial charge in [-0.05, 0) is 25.8 Å². The molecule has 0 amide bonds. The van der Waals surface area contributed by atoms with E-state index in [2.05, 4.69) is 12.2 Å². The SMILES string of the molecule is CCCNC1CCOCC1S(=O)(=O)CCC. The van der Waals surface area contributed by atoms with Crippen molar-refractivity contribution >= 4 is 9.84 Å². The monoisotopic (exact) mass is 249 g/mol. The van der Waals surface area contributed by atoms with Gasteiger partial charge >= 0.3 is 0 Å². The number of hydrogen-bond donors (Lipinski definition) is 1. The molecule has 1 saturated heterocycles. The van der Waals surface area contributed by atoms with Gasteiger partial charge < -0.3 is 10.1 Å². The zero-order valence-corrected chi connectivity index (χ0v) is 11.1. The van der Waals surface area contributed by atoms with Crippen LogP contribution in [0.5, 0.6) is 0 Å². The summed E-state index contributed by atoms with van der Waals surface area (Å²) in [6.45, 7) is 5.88. The quantitative estimate of drug-likeness (QED) is 0.762. The first-order valence-electron chi connectivity index (χ1n) is 6.14. The van der Waals surface area contributed by atoms with E-state index in [1.54, 1.807) is 0 Å². The average molecular weight is 249 g/mol. The molecule has 1 aliphatic heterocycles. The van der Waals surface area contributed by atoms with Gasteiger partial charge in [0.1, 0.15) is 0 Å². The molecule has 0 radical (unpaired) electrons. The highest BCUT2D eigenvalue weighted by Gasteiger charge is 2.35. The second-order valence-electron chi connectivity index (χ2n) is 4.33. The molecule has 1 N–H and O–H groups in total. The van der Waals surface area contributed by atoms with E-state index in [-0.39, 0.29) is 17.0 Å². The van der Waals surface area contributed by atoms with Crippen molar-refractivity contribution in [2.24, 2.45) is 0 Å². The maximum absolute atomic E-state index is 12.0. The Balaban J connectivity index is 2.65.